The third-order valence-electron chi connectivity index (χ3n) is 4.33. The third-order valence-corrected chi connectivity index (χ3v) is 4.33. The molecule has 0 atom stereocenters. The fourth-order valence-electron chi connectivity index (χ4n) is 3.21. The van der Waals surface area contributed by atoms with Crippen molar-refractivity contribution in [3.63, 3.8) is 0 Å². The molecule has 0 aliphatic rings. The van der Waals surface area contributed by atoms with Gasteiger partial charge in [-0.15, -0.1) is 0 Å². The van der Waals surface area contributed by atoms with Crippen molar-refractivity contribution >= 4 is 32.6 Å². The molecule has 0 spiro atoms. The Balaban J connectivity index is 1.87. The lowest BCUT2D eigenvalue weighted by Gasteiger charge is -2.07. The molecule has 0 radical (unpaired) electrons. The van der Waals surface area contributed by atoms with Crippen LogP contribution in [0.1, 0.15) is 0 Å². The summed E-state index contributed by atoms with van der Waals surface area (Å²) >= 11 is 0. The summed E-state index contributed by atoms with van der Waals surface area (Å²) in [7, 11) is 0. The van der Waals surface area contributed by atoms with Gasteiger partial charge in [0, 0.05) is 16.3 Å². The van der Waals surface area contributed by atoms with Crippen molar-refractivity contribution in [2.24, 2.45) is 0 Å². The molecular formula is C21H13NO. The Kier molecular flexibility index (Phi) is 2.53. The molecule has 5 rings (SSSR count). The predicted molar refractivity (Wildman–Crippen MR) is 94.5 cm³/mol. The number of furan rings is 1. The van der Waals surface area contributed by atoms with E-state index in [2.05, 4.69) is 48.5 Å². The molecule has 0 aliphatic heterocycles. The maximum absolute atomic E-state index is 5.76. The first-order chi connectivity index (χ1) is 11.4. The van der Waals surface area contributed by atoms with E-state index < -0.39 is 0 Å². The minimum Gasteiger partial charge on any atom is -0.462 e. The highest BCUT2D eigenvalue weighted by atomic mass is 16.3. The first kappa shape index (κ1) is 12.4. The van der Waals surface area contributed by atoms with Crippen LogP contribution in [0.4, 0.5) is 0 Å². The van der Waals surface area contributed by atoms with Crippen LogP contribution in [-0.2, 0) is 0 Å². The molecule has 108 valence electrons. The lowest BCUT2D eigenvalue weighted by molar-refractivity contribution is 0.616. The number of pyridine rings is 1. The largest absolute Gasteiger partial charge is 0.462 e. The van der Waals surface area contributed by atoms with Crippen LogP contribution < -0.4 is 0 Å². The summed E-state index contributed by atoms with van der Waals surface area (Å²) in [6.07, 6.45) is 1.74. The molecule has 0 saturated heterocycles. The zero-order valence-electron chi connectivity index (χ0n) is 12.4. The molecule has 0 unspecified atom stereocenters. The van der Waals surface area contributed by atoms with Gasteiger partial charge in [-0.3, -0.25) is 0 Å². The summed E-state index contributed by atoms with van der Waals surface area (Å²) in [6.45, 7) is 0. The van der Waals surface area contributed by atoms with Crippen molar-refractivity contribution in [3.05, 3.63) is 79.1 Å². The zero-order valence-corrected chi connectivity index (χ0v) is 12.4. The second-order valence-corrected chi connectivity index (χ2v) is 5.70. The van der Waals surface area contributed by atoms with Crippen LogP contribution in [0.5, 0.6) is 0 Å². The number of hydrogen-bond acceptors (Lipinski definition) is 2. The molecule has 2 heteroatoms. The number of benzene rings is 3. The minimum absolute atomic E-state index is 0.846. The van der Waals surface area contributed by atoms with E-state index in [-0.39, 0.29) is 0 Å². The second kappa shape index (κ2) is 4.68. The Labute approximate surface area is 133 Å². The lowest BCUT2D eigenvalue weighted by atomic mass is 10.0. The van der Waals surface area contributed by atoms with Crippen molar-refractivity contribution in [1.82, 2.24) is 4.98 Å². The van der Waals surface area contributed by atoms with Crippen LogP contribution in [-0.4, -0.2) is 4.98 Å². The van der Waals surface area contributed by atoms with Gasteiger partial charge in [0.05, 0.1) is 11.8 Å². The Hall–Kier alpha value is -3.13. The van der Waals surface area contributed by atoms with Crippen molar-refractivity contribution < 1.29 is 4.42 Å². The van der Waals surface area contributed by atoms with E-state index in [1.807, 2.05) is 24.3 Å². The number of hydrogen-bond donors (Lipinski definition) is 0. The molecule has 2 aromatic heterocycles. The number of rotatable bonds is 1. The van der Waals surface area contributed by atoms with Gasteiger partial charge in [0.25, 0.3) is 0 Å². The molecule has 0 aliphatic carbocycles. The summed E-state index contributed by atoms with van der Waals surface area (Å²) in [5, 5.41) is 4.67. The van der Waals surface area contributed by atoms with Crippen molar-refractivity contribution in [2.45, 2.75) is 0 Å². The van der Waals surface area contributed by atoms with Crippen molar-refractivity contribution in [1.29, 1.82) is 0 Å². The van der Waals surface area contributed by atoms with Gasteiger partial charge in [0.1, 0.15) is 5.69 Å². The molecule has 0 fully saturated rings. The molecule has 23 heavy (non-hydrogen) atoms. The van der Waals surface area contributed by atoms with Gasteiger partial charge in [-0.2, -0.15) is 0 Å². The summed E-state index contributed by atoms with van der Waals surface area (Å²) < 4.78 is 5.76. The van der Waals surface area contributed by atoms with Gasteiger partial charge < -0.3 is 4.42 Å². The lowest BCUT2D eigenvalue weighted by Crippen LogP contribution is -1.87. The highest BCUT2D eigenvalue weighted by Crippen LogP contribution is 2.34. The molecule has 3 aromatic carbocycles. The van der Waals surface area contributed by atoms with Gasteiger partial charge in [0.15, 0.2) is 5.58 Å². The summed E-state index contributed by atoms with van der Waals surface area (Å²) in [6, 6.07) is 25.0. The van der Waals surface area contributed by atoms with Gasteiger partial charge in [0.2, 0.25) is 0 Å². The zero-order chi connectivity index (χ0) is 15.2. The van der Waals surface area contributed by atoms with E-state index >= 15 is 0 Å². The van der Waals surface area contributed by atoms with Gasteiger partial charge in [-0.25, -0.2) is 4.98 Å². The van der Waals surface area contributed by atoms with Crippen LogP contribution in [0.3, 0.4) is 0 Å². The minimum atomic E-state index is 0.846. The van der Waals surface area contributed by atoms with Gasteiger partial charge in [-0.05, 0) is 29.0 Å². The smallest absolute Gasteiger partial charge is 0.160 e. The van der Waals surface area contributed by atoms with E-state index in [0.29, 0.717) is 0 Å². The molecule has 5 aromatic rings. The van der Waals surface area contributed by atoms with E-state index in [9.17, 15) is 0 Å². The van der Waals surface area contributed by atoms with E-state index in [0.717, 1.165) is 33.1 Å². The SMILES string of the molecule is c1ccc2cc(-c3nc4ccccc4c4ccoc34)ccc2c1. The Morgan fingerprint density at radius 1 is 0.696 bits per heavy atom. The highest BCUT2D eigenvalue weighted by molar-refractivity contribution is 6.09. The Bertz CT molecular complexity index is 1170. The molecule has 0 saturated carbocycles. The van der Waals surface area contributed by atoms with Crippen molar-refractivity contribution in [3.8, 4) is 11.3 Å². The van der Waals surface area contributed by atoms with E-state index in [4.69, 9.17) is 9.40 Å². The predicted octanol–water partition coefficient (Wildman–Crippen LogP) is 5.80. The Morgan fingerprint density at radius 2 is 1.52 bits per heavy atom. The summed E-state index contributed by atoms with van der Waals surface area (Å²) in [5.74, 6) is 0. The topological polar surface area (TPSA) is 26.0 Å². The second-order valence-electron chi connectivity index (χ2n) is 5.70. The normalized spacial score (nSPS) is 11.5. The van der Waals surface area contributed by atoms with Crippen LogP contribution in [0.2, 0.25) is 0 Å². The first-order valence-corrected chi connectivity index (χ1v) is 7.65. The number of nitrogens with zero attached hydrogens (tertiary/aromatic N) is 1. The number of aromatic nitrogens is 1. The van der Waals surface area contributed by atoms with E-state index in [1.54, 1.807) is 6.26 Å². The average Bonchev–Trinajstić information content (AvgIpc) is 3.11. The third kappa shape index (κ3) is 1.85. The molecule has 0 N–H and O–H groups in total. The summed E-state index contributed by atoms with van der Waals surface area (Å²) in [5.41, 5.74) is 3.81. The number of fused-ring (bicyclic) bond motifs is 4. The number of para-hydroxylation sites is 1. The van der Waals surface area contributed by atoms with Crippen LogP contribution in [0.15, 0.2) is 83.5 Å². The Morgan fingerprint density at radius 3 is 2.48 bits per heavy atom. The molecule has 0 bridgehead atoms. The average molecular weight is 295 g/mol. The van der Waals surface area contributed by atoms with E-state index in [1.165, 1.54) is 10.8 Å². The molecular weight excluding hydrogens is 282 g/mol. The standard InChI is InChI=1S/C21H13NO/c1-2-6-15-13-16(10-9-14(15)5-1)20-21-18(11-12-23-21)17-7-3-4-8-19(17)22-20/h1-13H. The molecule has 0 amide bonds. The fourth-order valence-corrected chi connectivity index (χ4v) is 3.21. The quantitative estimate of drug-likeness (QED) is 0.390. The van der Waals surface area contributed by atoms with Crippen LogP contribution in [0.25, 0.3) is 43.9 Å². The molecule has 2 heterocycles. The summed E-state index contributed by atoms with van der Waals surface area (Å²) in [4.78, 5) is 4.86. The van der Waals surface area contributed by atoms with Crippen LogP contribution in [0, 0.1) is 0 Å². The van der Waals surface area contributed by atoms with Gasteiger partial charge in [-0.1, -0.05) is 54.6 Å². The first-order valence-electron chi connectivity index (χ1n) is 7.65. The maximum Gasteiger partial charge on any atom is 0.160 e. The van der Waals surface area contributed by atoms with Crippen molar-refractivity contribution in [2.75, 3.05) is 0 Å². The molecule has 2 nitrogen and oxygen atoms in total. The monoisotopic (exact) mass is 295 g/mol. The maximum atomic E-state index is 5.76. The van der Waals surface area contributed by atoms with Gasteiger partial charge >= 0.3 is 0 Å². The fraction of sp³-hybridized carbons (Fsp3) is 0. The highest BCUT2D eigenvalue weighted by Gasteiger charge is 2.13. The van der Waals surface area contributed by atoms with Crippen LogP contribution >= 0.6 is 0 Å².